The van der Waals surface area contributed by atoms with E-state index in [-0.39, 0.29) is 0 Å². The van der Waals surface area contributed by atoms with E-state index < -0.39 is 0 Å². The van der Waals surface area contributed by atoms with Crippen molar-refractivity contribution in [3.8, 4) is 0 Å². The molecule has 0 aliphatic heterocycles. The molecule has 2 aromatic rings. The fraction of sp³-hybridized carbons (Fsp3) is 0.231. The maximum atomic E-state index is 5.93. The van der Waals surface area contributed by atoms with E-state index in [9.17, 15) is 0 Å². The largest absolute Gasteiger partial charge is 0.463 e. The molecule has 0 unspecified atom stereocenters. The van der Waals surface area contributed by atoms with Gasteiger partial charge in [-0.1, -0.05) is 23.2 Å². The van der Waals surface area contributed by atoms with Gasteiger partial charge in [0.25, 0.3) is 0 Å². The Morgan fingerprint density at radius 3 is 2.44 bits per heavy atom. The van der Waals surface area contributed by atoms with Crippen LogP contribution in [0.5, 0.6) is 0 Å². The molecule has 1 aromatic carbocycles. The molecule has 0 atom stereocenters. The van der Waals surface area contributed by atoms with Gasteiger partial charge in [-0.15, -0.1) is 0 Å². The first kappa shape index (κ1) is 13.7. The summed E-state index contributed by atoms with van der Waals surface area (Å²) in [5, 5.41) is 4.46. The Labute approximate surface area is 121 Å². The molecule has 18 heavy (non-hydrogen) atoms. The number of halogens is 2. The molecule has 0 aliphatic rings. The van der Waals surface area contributed by atoms with Crippen molar-refractivity contribution >= 4 is 40.7 Å². The number of hydrogen-bond donors (Lipinski definition) is 1. The maximum Gasteiger partial charge on any atom is 0.123 e. The van der Waals surface area contributed by atoms with Crippen molar-refractivity contribution < 1.29 is 4.42 Å². The van der Waals surface area contributed by atoms with Gasteiger partial charge in [0, 0.05) is 15.7 Å². The minimum atomic E-state index is 0.616. The van der Waals surface area contributed by atoms with E-state index in [0.717, 1.165) is 23.0 Å². The summed E-state index contributed by atoms with van der Waals surface area (Å²) in [6, 6.07) is 9.35. The van der Waals surface area contributed by atoms with Crippen LogP contribution in [0.2, 0.25) is 10.0 Å². The second-order valence-electron chi connectivity index (χ2n) is 3.81. The van der Waals surface area contributed by atoms with E-state index in [0.29, 0.717) is 16.6 Å². The molecular formula is C13H13Cl2NOS. The van der Waals surface area contributed by atoms with Gasteiger partial charge in [-0.25, -0.2) is 0 Å². The monoisotopic (exact) mass is 301 g/mol. The van der Waals surface area contributed by atoms with Crippen LogP contribution in [-0.4, -0.2) is 6.26 Å². The lowest BCUT2D eigenvalue weighted by Gasteiger charge is -2.05. The molecule has 1 heterocycles. The minimum absolute atomic E-state index is 0.616. The summed E-state index contributed by atoms with van der Waals surface area (Å²) in [6.07, 6.45) is 2.05. The molecule has 1 aromatic heterocycles. The molecule has 2 rings (SSSR count). The number of anilines is 1. The fourth-order valence-corrected chi connectivity index (χ4v) is 2.55. The molecule has 0 amide bonds. The summed E-state index contributed by atoms with van der Waals surface area (Å²) in [5.74, 6) is 2.78. The highest BCUT2D eigenvalue weighted by atomic mass is 35.5. The molecule has 0 saturated heterocycles. The summed E-state index contributed by atoms with van der Waals surface area (Å²) >= 11 is 13.6. The van der Waals surface area contributed by atoms with Gasteiger partial charge in [-0.05, 0) is 36.6 Å². The summed E-state index contributed by atoms with van der Waals surface area (Å²) in [5.41, 5.74) is 0.885. The van der Waals surface area contributed by atoms with E-state index >= 15 is 0 Å². The van der Waals surface area contributed by atoms with Crippen molar-refractivity contribution in [3.63, 3.8) is 0 Å². The minimum Gasteiger partial charge on any atom is -0.463 e. The highest BCUT2D eigenvalue weighted by molar-refractivity contribution is 7.97. The van der Waals surface area contributed by atoms with Crippen molar-refractivity contribution in [2.75, 3.05) is 11.6 Å². The van der Waals surface area contributed by atoms with Crippen LogP contribution >= 0.6 is 35.0 Å². The van der Waals surface area contributed by atoms with Crippen molar-refractivity contribution in [2.24, 2.45) is 0 Å². The summed E-state index contributed by atoms with van der Waals surface area (Å²) in [4.78, 5) is 0. The quantitative estimate of drug-likeness (QED) is 0.835. The third kappa shape index (κ3) is 3.87. The first-order valence-electron chi connectivity index (χ1n) is 5.44. The highest BCUT2D eigenvalue weighted by Crippen LogP contribution is 2.23. The zero-order valence-electron chi connectivity index (χ0n) is 9.87. The molecule has 0 bridgehead atoms. The highest BCUT2D eigenvalue weighted by Gasteiger charge is 2.02. The zero-order chi connectivity index (χ0) is 13.0. The van der Waals surface area contributed by atoms with Crippen molar-refractivity contribution in [1.29, 1.82) is 0 Å². The predicted octanol–water partition coefficient (Wildman–Crippen LogP) is 5.06. The molecule has 5 heteroatoms. The van der Waals surface area contributed by atoms with Crippen LogP contribution in [0.4, 0.5) is 5.69 Å². The molecule has 1 N–H and O–H groups in total. The molecule has 0 aliphatic carbocycles. The topological polar surface area (TPSA) is 25.2 Å². The number of furan rings is 1. The van der Waals surface area contributed by atoms with Crippen LogP contribution in [0.25, 0.3) is 0 Å². The third-order valence-electron chi connectivity index (χ3n) is 2.33. The lowest BCUT2D eigenvalue weighted by Crippen LogP contribution is -1.97. The van der Waals surface area contributed by atoms with Gasteiger partial charge in [0.15, 0.2) is 0 Å². The summed E-state index contributed by atoms with van der Waals surface area (Å²) in [6.45, 7) is 0.616. The van der Waals surface area contributed by atoms with E-state index in [1.807, 2.05) is 24.3 Å². The number of benzene rings is 1. The fourth-order valence-electron chi connectivity index (χ4n) is 1.58. The lowest BCUT2D eigenvalue weighted by molar-refractivity contribution is 0.487. The molecule has 0 radical (unpaired) electrons. The second kappa shape index (κ2) is 6.41. The Kier molecular flexibility index (Phi) is 4.87. The van der Waals surface area contributed by atoms with Crippen LogP contribution < -0.4 is 5.32 Å². The standard InChI is InChI=1S/C13H13Cl2NOS/c1-18-8-13-3-2-12(17-13)7-16-11-5-9(14)4-10(15)6-11/h2-6,16H,7-8H2,1H3. The predicted molar refractivity (Wildman–Crippen MR) is 79.7 cm³/mol. The lowest BCUT2D eigenvalue weighted by atomic mass is 10.3. The number of nitrogens with one attached hydrogen (secondary N) is 1. The molecule has 0 spiro atoms. The number of thioether (sulfide) groups is 1. The van der Waals surface area contributed by atoms with E-state index in [2.05, 4.69) is 11.6 Å². The average molecular weight is 302 g/mol. The van der Waals surface area contributed by atoms with Gasteiger partial charge in [-0.2, -0.15) is 11.8 Å². The van der Waals surface area contributed by atoms with Crippen molar-refractivity contribution in [3.05, 3.63) is 51.9 Å². The molecule has 96 valence electrons. The maximum absolute atomic E-state index is 5.93. The SMILES string of the molecule is CSCc1ccc(CNc2cc(Cl)cc(Cl)c2)o1. The number of hydrogen-bond acceptors (Lipinski definition) is 3. The summed E-state index contributed by atoms with van der Waals surface area (Å²) in [7, 11) is 0. The first-order valence-corrected chi connectivity index (χ1v) is 7.59. The molecular weight excluding hydrogens is 289 g/mol. The Morgan fingerprint density at radius 1 is 1.11 bits per heavy atom. The molecule has 0 fully saturated rings. The van der Waals surface area contributed by atoms with Gasteiger partial charge in [0.2, 0.25) is 0 Å². The van der Waals surface area contributed by atoms with Crippen LogP contribution in [0.1, 0.15) is 11.5 Å². The molecule has 2 nitrogen and oxygen atoms in total. The van der Waals surface area contributed by atoms with Crippen molar-refractivity contribution in [2.45, 2.75) is 12.3 Å². The van der Waals surface area contributed by atoms with Crippen LogP contribution in [0, 0.1) is 0 Å². The van der Waals surface area contributed by atoms with Gasteiger partial charge in [-0.3, -0.25) is 0 Å². The van der Waals surface area contributed by atoms with Gasteiger partial charge >= 0.3 is 0 Å². The Balaban J connectivity index is 1.97. The van der Waals surface area contributed by atoms with Gasteiger partial charge < -0.3 is 9.73 Å². The zero-order valence-corrected chi connectivity index (χ0v) is 12.2. The van der Waals surface area contributed by atoms with Gasteiger partial charge in [0.1, 0.15) is 11.5 Å². The Hall–Kier alpha value is -0.770. The van der Waals surface area contributed by atoms with Crippen LogP contribution in [0.15, 0.2) is 34.7 Å². The Bertz CT molecular complexity index is 507. The Morgan fingerprint density at radius 2 is 1.78 bits per heavy atom. The van der Waals surface area contributed by atoms with E-state index in [1.54, 1.807) is 17.8 Å². The van der Waals surface area contributed by atoms with E-state index in [1.165, 1.54) is 0 Å². The van der Waals surface area contributed by atoms with Gasteiger partial charge in [0.05, 0.1) is 12.3 Å². The first-order chi connectivity index (χ1) is 8.67. The normalized spacial score (nSPS) is 10.6. The smallest absolute Gasteiger partial charge is 0.123 e. The van der Waals surface area contributed by atoms with Crippen LogP contribution in [-0.2, 0) is 12.3 Å². The van der Waals surface area contributed by atoms with Crippen LogP contribution in [0.3, 0.4) is 0 Å². The number of rotatable bonds is 5. The van der Waals surface area contributed by atoms with E-state index in [4.69, 9.17) is 27.6 Å². The second-order valence-corrected chi connectivity index (χ2v) is 5.55. The van der Waals surface area contributed by atoms with Crippen molar-refractivity contribution in [1.82, 2.24) is 0 Å². The molecule has 0 saturated carbocycles. The summed E-state index contributed by atoms with van der Waals surface area (Å²) < 4.78 is 5.66. The average Bonchev–Trinajstić information content (AvgIpc) is 2.74. The third-order valence-corrected chi connectivity index (χ3v) is 3.34.